The van der Waals surface area contributed by atoms with E-state index >= 15 is 0 Å². The van der Waals surface area contributed by atoms with Gasteiger partial charge >= 0.3 is 0 Å². The lowest BCUT2D eigenvalue weighted by Gasteiger charge is -2.21. The maximum Gasteiger partial charge on any atom is 0.262 e. The third-order valence-corrected chi connectivity index (χ3v) is 4.80. The summed E-state index contributed by atoms with van der Waals surface area (Å²) in [6, 6.07) is -0.632. The van der Waals surface area contributed by atoms with Crippen LogP contribution >= 0.6 is 11.3 Å². The van der Waals surface area contributed by atoms with Gasteiger partial charge in [-0.25, -0.2) is 0 Å². The number of thiophene rings is 1. The summed E-state index contributed by atoms with van der Waals surface area (Å²) in [6.45, 7) is 0. The van der Waals surface area contributed by atoms with Crippen molar-refractivity contribution in [2.24, 2.45) is 0 Å². The molecule has 1 aromatic rings. The summed E-state index contributed by atoms with van der Waals surface area (Å²) in [5.74, 6) is -0.945. The molecular weight excluding hydrogens is 300 g/mol. The van der Waals surface area contributed by atoms with Crippen molar-refractivity contribution in [1.29, 1.82) is 0 Å². The Balaban J connectivity index is 1.76. The first-order valence-electron chi connectivity index (χ1n) is 7.23. The van der Waals surface area contributed by atoms with Gasteiger partial charge in [-0.15, -0.1) is 11.3 Å². The SMILES string of the molecule is O=C1CCC(NC(=O)c2scc3c2CC/C=C\C=C/3)C(=O)N1. The number of hydrogen-bond acceptors (Lipinski definition) is 4. The molecule has 0 aromatic carbocycles. The summed E-state index contributed by atoms with van der Waals surface area (Å²) >= 11 is 1.39. The van der Waals surface area contributed by atoms with Gasteiger partial charge in [-0.2, -0.15) is 0 Å². The zero-order chi connectivity index (χ0) is 15.5. The van der Waals surface area contributed by atoms with Crippen LogP contribution in [0.25, 0.3) is 6.08 Å². The molecule has 114 valence electrons. The molecule has 1 atom stereocenters. The normalized spacial score (nSPS) is 23.7. The van der Waals surface area contributed by atoms with E-state index in [2.05, 4.69) is 16.7 Å². The molecule has 3 rings (SSSR count). The molecule has 2 aliphatic rings. The molecule has 1 aliphatic heterocycles. The molecule has 1 aliphatic carbocycles. The van der Waals surface area contributed by atoms with Gasteiger partial charge in [0.25, 0.3) is 5.91 Å². The summed E-state index contributed by atoms with van der Waals surface area (Å²) in [5.41, 5.74) is 2.08. The fourth-order valence-electron chi connectivity index (χ4n) is 2.60. The molecular formula is C16H16N2O3S. The molecule has 0 bridgehead atoms. The van der Waals surface area contributed by atoms with Gasteiger partial charge in [-0.3, -0.25) is 19.7 Å². The first-order chi connectivity index (χ1) is 10.6. The Labute approximate surface area is 132 Å². The van der Waals surface area contributed by atoms with Crippen LogP contribution in [0.5, 0.6) is 0 Å². The van der Waals surface area contributed by atoms with E-state index in [4.69, 9.17) is 0 Å². The van der Waals surface area contributed by atoms with Crippen molar-refractivity contribution in [3.63, 3.8) is 0 Å². The molecule has 0 saturated carbocycles. The first-order valence-corrected chi connectivity index (χ1v) is 8.11. The predicted molar refractivity (Wildman–Crippen MR) is 84.5 cm³/mol. The fraction of sp³-hybridized carbons (Fsp3) is 0.312. The molecule has 3 amide bonds. The van der Waals surface area contributed by atoms with E-state index in [1.165, 1.54) is 11.3 Å². The topological polar surface area (TPSA) is 75.3 Å². The Morgan fingerprint density at radius 2 is 2.14 bits per heavy atom. The zero-order valence-electron chi connectivity index (χ0n) is 11.9. The number of piperidine rings is 1. The lowest BCUT2D eigenvalue weighted by molar-refractivity contribution is -0.134. The number of allylic oxidation sites excluding steroid dienone is 3. The lowest BCUT2D eigenvalue weighted by Crippen LogP contribution is -2.52. The van der Waals surface area contributed by atoms with Crippen LogP contribution in [0.2, 0.25) is 0 Å². The number of amides is 3. The van der Waals surface area contributed by atoms with Crippen LogP contribution in [-0.4, -0.2) is 23.8 Å². The molecule has 1 aromatic heterocycles. The molecule has 2 heterocycles. The van der Waals surface area contributed by atoms with Crippen molar-refractivity contribution >= 4 is 35.1 Å². The second-order valence-corrected chi connectivity index (χ2v) is 6.18. The Morgan fingerprint density at radius 1 is 1.27 bits per heavy atom. The molecule has 22 heavy (non-hydrogen) atoms. The molecule has 0 spiro atoms. The van der Waals surface area contributed by atoms with Crippen LogP contribution in [0.1, 0.15) is 40.1 Å². The van der Waals surface area contributed by atoms with E-state index in [9.17, 15) is 14.4 Å². The standard InChI is InChI=1S/C16H16N2O3S/c19-13-8-7-12(15(20)18-13)17-16(21)14-11-6-4-2-1-3-5-10(11)9-22-14/h1-3,5,9,12H,4,6-8H2,(H,17,21)(H,18,19,20)/b2-1-,5-3-. The summed E-state index contributed by atoms with van der Waals surface area (Å²) in [6.07, 6.45) is 10.3. The van der Waals surface area contributed by atoms with Gasteiger partial charge in [-0.05, 0) is 35.8 Å². The molecule has 1 unspecified atom stereocenters. The highest BCUT2D eigenvalue weighted by molar-refractivity contribution is 7.12. The number of rotatable bonds is 2. The van der Waals surface area contributed by atoms with E-state index in [1.54, 1.807) is 0 Å². The van der Waals surface area contributed by atoms with E-state index in [0.29, 0.717) is 11.3 Å². The minimum atomic E-state index is -0.632. The smallest absolute Gasteiger partial charge is 0.262 e. The highest BCUT2D eigenvalue weighted by Gasteiger charge is 2.29. The Morgan fingerprint density at radius 3 is 2.95 bits per heavy atom. The van der Waals surface area contributed by atoms with Crippen molar-refractivity contribution in [3.05, 3.63) is 39.6 Å². The van der Waals surface area contributed by atoms with Crippen molar-refractivity contribution in [3.8, 4) is 0 Å². The Kier molecular flexibility index (Phi) is 4.20. The van der Waals surface area contributed by atoms with Gasteiger partial charge in [0.2, 0.25) is 11.8 Å². The Hall–Kier alpha value is -2.21. The molecule has 1 saturated heterocycles. The van der Waals surface area contributed by atoms with Gasteiger partial charge in [0, 0.05) is 6.42 Å². The van der Waals surface area contributed by atoms with Crippen LogP contribution in [0.4, 0.5) is 0 Å². The van der Waals surface area contributed by atoms with Crippen molar-refractivity contribution in [2.45, 2.75) is 31.7 Å². The number of carbonyl (C=O) groups is 3. The summed E-state index contributed by atoms with van der Waals surface area (Å²) < 4.78 is 0. The summed E-state index contributed by atoms with van der Waals surface area (Å²) in [7, 11) is 0. The van der Waals surface area contributed by atoms with Crippen LogP contribution in [0, 0.1) is 0 Å². The van der Waals surface area contributed by atoms with Crippen LogP contribution in [0.15, 0.2) is 23.6 Å². The second kappa shape index (κ2) is 6.27. The van der Waals surface area contributed by atoms with Crippen LogP contribution < -0.4 is 10.6 Å². The van der Waals surface area contributed by atoms with E-state index in [1.807, 2.05) is 23.6 Å². The largest absolute Gasteiger partial charge is 0.340 e. The monoisotopic (exact) mass is 316 g/mol. The molecule has 0 radical (unpaired) electrons. The third kappa shape index (κ3) is 3.01. The lowest BCUT2D eigenvalue weighted by atomic mass is 10.0. The van der Waals surface area contributed by atoms with Gasteiger partial charge in [0.05, 0.1) is 4.88 Å². The second-order valence-electron chi connectivity index (χ2n) is 5.30. The summed E-state index contributed by atoms with van der Waals surface area (Å²) in [4.78, 5) is 36.0. The quantitative estimate of drug-likeness (QED) is 0.817. The number of fused-ring (bicyclic) bond motifs is 1. The minimum Gasteiger partial charge on any atom is -0.340 e. The predicted octanol–water partition coefficient (Wildman–Crippen LogP) is 1.80. The van der Waals surface area contributed by atoms with Crippen LogP contribution in [-0.2, 0) is 16.0 Å². The molecule has 2 N–H and O–H groups in total. The first kappa shape index (κ1) is 14.7. The average Bonchev–Trinajstić information content (AvgIpc) is 2.84. The number of hydrogen-bond donors (Lipinski definition) is 2. The number of imide groups is 1. The van der Waals surface area contributed by atoms with Gasteiger partial charge in [0.1, 0.15) is 6.04 Å². The van der Waals surface area contributed by atoms with Crippen molar-refractivity contribution in [1.82, 2.24) is 10.6 Å². The summed E-state index contributed by atoms with van der Waals surface area (Å²) in [5, 5.41) is 6.96. The maximum absolute atomic E-state index is 12.5. The van der Waals surface area contributed by atoms with E-state index in [0.717, 1.165) is 24.0 Å². The van der Waals surface area contributed by atoms with Crippen molar-refractivity contribution in [2.75, 3.05) is 0 Å². The highest BCUT2D eigenvalue weighted by Crippen LogP contribution is 2.27. The maximum atomic E-state index is 12.5. The van der Waals surface area contributed by atoms with E-state index < -0.39 is 11.9 Å². The molecule has 6 heteroatoms. The van der Waals surface area contributed by atoms with Crippen molar-refractivity contribution < 1.29 is 14.4 Å². The third-order valence-electron chi connectivity index (χ3n) is 3.76. The Bertz CT molecular complexity index is 688. The number of carbonyl (C=O) groups excluding carboxylic acids is 3. The van der Waals surface area contributed by atoms with E-state index in [-0.39, 0.29) is 18.2 Å². The molecule has 5 nitrogen and oxygen atoms in total. The highest BCUT2D eigenvalue weighted by atomic mass is 32.1. The fourth-order valence-corrected chi connectivity index (χ4v) is 3.59. The van der Waals surface area contributed by atoms with Crippen LogP contribution in [0.3, 0.4) is 0 Å². The van der Waals surface area contributed by atoms with Gasteiger partial charge in [0.15, 0.2) is 0 Å². The number of nitrogens with one attached hydrogen (secondary N) is 2. The molecule has 1 fully saturated rings. The average molecular weight is 316 g/mol. The van der Waals surface area contributed by atoms with Gasteiger partial charge < -0.3 is 5.32 Å². The zero-order valence-corrected chi connectivity index (χ0v) is 12.7. The minimum absolute atomic E-state index is 0.237. The van der Waals surface area contributed by atoms with Gasteiger partial charge in [-0.1, -0.05) is 24.3 Å².